The molecule has 0 amide bonds. The zero-order valence-electron chi connectivity index (χ0n) is 11.1. The molecule has 1 aliphatic rings. The number of rotatable bonds is 0. The standard InChI is InChI=1S/C17H6O5/c1-6-13(18)7-2-4-9-12-10(16(21)17(22)15(9)20)5-3-8(11(7)12)14(6)19/h2-5H,1H2. The van der Waals surface area contributed by atoms with E-state index in [-0.39, 0.29) is 37.9 Å². The minimum absolute atomic E-state index is 0.0494. The average Bonchev–Trinajstić information content (AvgIpc) is 2.53. The maximum Gasteiger partial charge on any atom is 0.273 e. The van der Waals surface area contributed by atoms with Gasteiger partial charge in [-0.15, -0.1) is 0 Å². The Labute approximate surface area is 121 Å². The van der Waals surface area contributed by atoms with Gasteiger partial charge >= 0.3 is 0 Å². The minimum atomic E-state index is -1.10. The molecule has 0 aromatic heterocycles. The van der Waals surface area contributed by atoms with Gasteiger partial charge in [0.2, 0.25) is 11.6 Å². The third-order valence-corrected chi connectivity index (χ3v) is 4.10. The smallest absolute Gasteiger partial charge is 0.273 e. The van der Waals surface area contributed by atoms with E-state index in [0.717, 1.165) is 0 Å². The first kappa shape index (κ1) is 12.5. The Kier molecular flexibility index (Phi) is 2.11. The molecule has 1 aliphatic carbocycles. The first-order chi connectivity index (χ1) is 10.4. The largest absolute Gasteiger partial charge is 0.288 e. The van der Waals surface area contributed by atoms with Gasteiger partial charge in [0.1, 0.15) is 0 Å². The van der Waals surface area contributed by atoms with Gasteiger partial charge in [-0.3, -0.25) is 24.0 Å². The van der Waals surface area contributed by atoms with E-state index < -0.39 is 28.2 Å². The molecule has 0 heterocycles. The lowest BCUT2D eigenvalue weighted by atomic mass is 9.83. The van der Waals surface area contributed by atoms with Crippen molar-refractivity contribution in [3.05, 3.63) is 61.1 Å². The molecule has 0 N–H and O–H groups in total. The molecule has 0 saturated carbocycles. The molecule has 4 rings (SSSR count). The molecule has 0 bridgehead atoms. The number of benzene rings is 3. The summed E-state index contributed by atoms with van der Waals surface area (Å²) in [6.45, 7) is 3.50. The minimum Gasteiger partial charge on any atom is -0.288 e. The number of Topliss-reactive ketones (excluding diaryl/α,β-unsaturated/α-hetero) is 3. The van der Waals surface area contributed by atoms with E-state index in [0.29, 0.717) is 0 Å². The summed E-state index contributed by atoms with van der Waals surface area (Å²) in [5.74, 6) is -2.93. The zero-order chi connectivity index (χ0) is 15.8. The van der Waals surface area contributed by atoms with E-state index in [1.165, 1.54) is 24.3 Å². The van der Waals surface area contributed by atoms with Crippen LogP contribution in [0.15, 0.2) is 33.9 Å². The Morgan fingerprint density at radius 3 is 1.50 bits per heavy atom. The first-order valence-corrected chi connectivity index (χ1v) is 6.45. The van der Waals surface area contributed by atoms with Gasteiger partial charge < -0.3 is 0 Å². The lowest BCUT2D eigenvalue weighted by molar-refractivity contribution is -0.111. The Morgan fingerprint density at radius 1 is 0.591 bits per heavy atom. The molecule has 0 fully saturated rings. The van der Waals surface area contributed by atoms with Crippen molar-refractivity contribution in [2.75, 3.05) is 0 Å². The van der Waals surface area contributed by atoms with E-state index in [1.54, 1.807) is 0 Å². The molecular formula is C17H6O5. The van der Waals surface area contributed by atoms with Crippen LogP contribution in [0.3, 0.4) is 0 Å². The maximum absolute atomic E-state index is 12.2. The summed E-state index contributed by atoms with van der Waals surface area (Å²) in [6, 6.07) is 5.48. The highest BCUT2D eigenvalue weighted by atomic mass is 16.2. The molecule has 3 aromatic rings. The first-order valence-electron chi connectivity index (χ1n) is 6.45. The van der Waals surface area contributed by atoms with Gasteiger partial charge in [0.15, 0.2) is 10.9 Å². The van der Waals surface area contributed by atoms with Crippen molar-refractivity contribution >= 4 is 45.5 Å². The van der Waals surface area contributed by atoms with E-state index in [1.807, 2.05) is 0 Å². The van der Waals surface area contributed by atoms with Crippen LogP contribution in [0.2, 0.25) is 0 Å². The fourth-order valence-electron chi connectivity index (χ4n) is 3.03. The van der Waals surface area contributed by atoms with Gasteiger partial charge in [-0.2, -0.15) is 0 Å². The molecule has 0 radical (unpaired) electrons. The van der Waals surface area contributed by atoms with Gasteiger partial charge in [0.05, 0.1) is 5.22 Å². The van der Waals surface area contributed by atoms with Crippen LogP contribution < -0.4 is 16.1 Å². The van der Waals surface area contributed by atoms with Crippen molar-refractivity contribution in [1.82, 2.24) is 0 Å². The molecule has 22 heavy (non-hydrogen) atoms. The number of carbonyl (C=O) groups is 3. The number of ketones is 3. The molecule has 0 spiro atoms. The van der Waals surface area contributed by atoms with Crippen molar-refractivity contribution in [3.63, 3.8) is 0 Å². The second-order valence-electron chi connectivity index (χ2n) is 5.20. The third kappa shape index (κ3) is 1.21. The predicted molar refractivity (Wildman–Crippen MR) is 79.6 cm³/mol. The summed E-state index contributed by atoms with van der Waals surface area (Å²) in [5, 5.41) is 0.746. The van der Waals surface area contributed by atoms with E-state index in [9.17, 15) is 24.0 Å². The van der Waals surface area contributed by atoms with Gasteiger partial charge in [0.25, 0.3) is 5.78 Å². The summed E-state index contributed by atoms with van der Waals surface area (Å²) in [6.07, 6.45) is 0. The van der Waals surface area contributed by atoms with E-state index in [2.05, 4.69) is 6.58 Å². The highest BCUT2D eigenvalue weighted by molar-refractivity contribution is 6.73. The predicted octanol–water partition coefficient (Wildman–Crippen LogP) is 0.228. The Balaban J connectivity index is 2.46. The Hall–Kier alpha value is -3.21. The fraction of sp³-hybridized carbons (Fsp3) is 0. The number of hydrogen-bond acceptors (Lipinski definition) is 5. The van der Waals surface area contributed by atoms with Gasteiger partial charge in [-0.1, -0.05) is 6.58 Å². The van der Waals surface area contributed by atoms with Gasteiger partial charge in [-0.25, -0.2) is 0 Å². The van der Waals surface area contributed by atoms with Crippen LogP contribution >= 0.6 is 0 Å². The fourth-order valence-corrected chi connectivity index (χ4v) is 3.03. The number of hydrogen-bond donors (Lipinski definition) is 0. The van der Waals surface area contributed by atoms with Crippen LogP contribution in [-0.4, -0.2) is 17.3 Å². The van der Waals surface area contributed by atoms with Crippen LogP contribution in [0.4, 0.5) is 0 Å². The summed E-state index contributed by atoms with van der Waals surface area (Å²) >= 11 is 0. The van der Waals surface area contributed by atoms with Crippen molar-refractivity contribution in [2.24, 2.45) is 0 Å². The second-order valence-corrected chi connectivity index (χ2v) is 5.20. The van der Waals surface area contributed by atoms with Crippen LogP contribution in [0, 0.1) is 0 Å². The van der Waals surface area contributed by atoms with Crippen LogP contribution in [0.25, 0.3) is 28.1 Å². The van der Waals surface area contributed by atoms with Crippen molar-refractivity contribution in [3.8, 4) is 0 Å². The zero-order valence-corrected chi connectivity index (χ0v) is 11.1. The Bertz CT molecular complexity index is 1130. The highest BCUT2D eigenvalue weighted by Gasteiger charge is 2.35. The SMILES string of the molecule is C=c1c(=O)c2ccc3c4c(ccc(c1=O)c42)C(=O)C(=O)C3=O. The van der Waals surface area contributed by atoms with Crippen molar-refractivity contribution < 1.29 is 14.4 Å². The topological polar surface area (TPSA) is 85.3 Å². The van der Waals surface area contributed by atoms with E-state index >= 15 is 0 Å². The normalized spacial score (nSPS) is 14.3. The lowest BCUT2D eigenvalue weighted by Gasteiger charge is -2.16. The maximum atomic E-state index is 12.2. The molecular weight excluding hydrogens is 284 g/mol. The molecule has 3 aromatic carbocycles. The Morgan fingerprint density at radius 2 is 1.05 bits per heavy atom. The molecule has 0 aliphatic heterocycles. The highest BCUT2D eigenvalue weighted by Crippen LogP contribution is 2.32. The summed E-state index contributed by atoms with van der Waals surface area (Å²) in [5.41, 5.74) is -0.961. The molecule has 0 atom stereocenters. The van der Waals surface area contributed by atoms with Crippen LogP contribution in [-0.2, 0) is 4.79 Å². The van der Waals surface area contributed by atoms with Crippen molar-refractivity contribution in [2.45, 2.75) is 0 Å². The molecule has 104 valence electrons. The van der Waals surface area contributed by atoms with E-state index in [4.69, 9.17) is 0 Å². The third-order valence-electron chi connectivity index (χ3n) is 4.10. The molecule has 5 heteroatoms. The summed E-state index contributed by atoms with van der Waals surface area (Å²) in [7, 11) is 0. The lowest BCUT2D eigenvalue weighted by Crippen LogP contribution is -2.38. The van der Waals surface area contributed by atoms with Crippen LogP contribution in [0.5, 0.6) is 0 Å². The van der Waals surface area contributed by atoms with Crippen molar-refractivity contribution in [1.29, 1.82) is 0 Å². The summed E-state index contributed by atoms with van der Waals surface area (Å²) < 4.78 is 0. The second kappa shape index (κ2) is 3.71. The van der Waals surface area contributed by atoms with Gasteiger partial charge in [-0.05, 0) is 24.3 Å². The molecule has 5 nitrogen and oxygen atoms in total. The molecule has 0 saturated heterocycles. The summed E-state index contributed by atoms with van der Waals surface area (Å²) in [4.78, 5) is 60.2. The monoisotopic (exact) mass is 290 g/mol. The molecule has 0 unspecified atom stereocenters. The van der Waals surface area contributed by atoms with Crippen LogP contribution in [0.1, 0.15) is 20.7 Å². The van der Waals surface area contributed by atoms with Gasteiger partial charge in [0, 0.05) is 32.7 Å². The average molecular weight is 290 g/mol. The number of carbonyl (C=O) groups excluding carboxylic acids is 3. The quantitative estimate of drug-likeness (QED) is 0.553.